The van der Waals surface area contributed by atoms with Crippen molar-refractivity contribution in [1.82, 2.24) is 0 Å². The molecule has 1 aromatic rings. The van der Waals surface area contributed by atoms with Gasteiger partial charge in [0, 0.05) is 0 Å². The second-order valence-electron chi connectivity index (χ2n) is 8.67. The first-order valence-electron chi connectivity index (χ1n) is 8.35. The fourth-order valence-corrected chi connectivity index (χ4v) is 8.50. The maximum absolute atomic E-state index is 2.60. The molecule has 0 aromatic heterocycles. The summed E-state index contributed by atoms with van der Waals surface area (Å²) in [6.07, 6.45) is 5.15. The topological polar surface area (TPSA) is 0 Å². The normalized spacial score (nSPS) is 22.7. The molecule has 0 nitrogen and oxygen atoms in total. The molecule has 1 heterocycles. The summed E-state index contributed by atoms with van der Waals surface area (Å²) in [5, 5.41) is 3.15. The van der Waals surface area contributed by atoms with Gasteiger partial charge in [0.25, 0.3) is 0 Å². The van der Waals surface area contributed by atoms with E-state index in [4.69, 9.17) is 0 Å². The minimum Gasteiger partial charge on any atom is -1.00 e. The Morgan fingerprint density at radius 3 is 1.96 bits per heavy atom. The van der Waals surface area contributed by atoms with E-state index in [1.807, 2.05) is 0 Å². The number of hydrogen-bond donors (Lipinski definition) is 0. The molecule has 0 saturated carbocycles. The van der Waals surface area contributed by atoms with Gasteiger partial charge in [-0.15, -0.1) is 0 Å². The molecule has 0 spiro atoms. The molecule has 4 heteroatoms. The van der Waals surface area contributed by atoms with E-state index in [9.17, 15) is 0 Å². The van der Waals surface area contributed by atoms with E-state index in [2.05, 4.69) is 84.0 Å². The first-order chi connectivity index (χ1) is 10.6. The molecule has 1 aromatic carbocycles. The van der Waals surface area contributed by atoms with Gasteiger partial charge >= 0.3 is 158 Å². The fourth-order valence-electron chi connectivity index (χ4n) is 3.43. The predicted molar refractivity (Wildman–Crippen MR) is 98.9 cm³/mol. The van der Waals surface area contributed by atoms with Gasteiger partial charge in [-0.1, -0.05) is 0 Å². The van der Waals surface area contributed by atoms with Gasteiger partial charge in [0.05, 0.1) is 0 Å². The molecule has 2 atom stereocenters. The van der Waals surface area contributed by atoms with Crippen molar-refractivity contribution in [2.45, 2.75) is 47.2 Å². The smallest absolute Gasteiger partial charge is 1.00 e. The summed E-state index contributed by atoms with van der Waals surface area (Å²) >= 11 is 1.55. The summed E-state index contributed by atoms with van der Waals surface area (Å²) in [6.45, 7) is 14.2. The van der Waals surface area contributed by atoms with Crippen LogP contribution in [0.3, 0.4) is 0 Å². The molecular formula is C21H26Cl2PZr. The van der Waals surface area contributed by atoms with Gasteiger partial charge in [-0.2, -0.15) is 0 Å². The third-order valence-corrected chi connectivity index (χ3v) is 9.24. The van der Waals surface area contributed by atoms with Crippen LogP contribution in [0.15, 0.2) is 62.2 Å². The van der Waals surface area contributed by atoms with Gasteiger partial charge in [-0.25, -0.2) is 0 Å². The average molecular weight is 472 g/mol. The van der Waals surface area contributed by atoms with Crippen LogP contribution >= 0.6 is 7.92 Å². The summed E-state index contributed by atoms with van der Waals surface area (Å²) in [5.74, 6) is 0. The molecule has 0 radical (unpaired) electrons. The Hall–Kier alpha value is 0.333. The molecule has 3 rings (SSSR count). The molecule has 0 N–H and O–H groups in total. The van der Waals surface area contributed by atoms with Crippen LogP contribution in [0.4, 0.5) is 0 Å². The van der Waals surface area contributed by atoms with E-state index in [0.29, 0.717) is 11.1 Å². The Kier molecular flexibility index (Phi) is 7.61. The molecule has 1 aliphatic carbocycles. The summed E-state index contributed by atoms with van der Waals surface area (Å²) in [5.41, 5.74) is 4.32. The van der Waals surface area contributed by atoms with Crippen LogP contribution in [0.2, 0.25) is 0 Å². The third kappa shape index (κ3) is 4.43. The van der Waals surface area contributed by atoms with Gasteiger partial charge in [0.2, 0.25) is 0 Å². The van der Waals surface area contributed by atoms with E-state index in [-0.39, 0.29) is 38.2 Å². The Morgan fingerprint density at radius 1 is 0.920 bits per heavy atom. The average Bonchev–Trinajstić information content (AvgIpc) is 2.96. The second-order valence-corrected chi connectivity index (χ2v) is 12.2. The summed E-state index contributed by atoms with van der Waals surface area (Å²) in [6, 6.07) is 11.2. The maximum atomic E-state index is 2.60. The SMILES string of the molecule is CC(C)(C)C1=[C]([Zr+2])C2=CC(C(C)(C)C)P(c3ccccc3)C2=C1.[Cl-].[Cl-]. The molecule has 2 unspecified atom stereocenters. The second kappa shape index (κ2) is 8.14. The van der Waals surface area contributed by atoms with Crippen LogP contribution in [-0.2, 0) is 24.7 Å². The van der Waals surface area contributed by atoms with Crippen LogP contribution in [-0.4, -0.2) is 5.66 Å². The number of fused-ring (bicyclic) bond motifs is 1. The first kappa shape index (κ1) is 23.4. The van der Waals surface area contributed by atoms with Crippen molar-refractivity contribution in [3.05, 3.63) is 62.2 Å². The zero-order chi connectivity index (χ0) is 17.0. The first-order valence-corrected chi connectivity index (χ1v) is 11.0. The van der Waals surface area contributed by atoms with Crippen LogP contribution in [0.5, 0.6) is 0 Å². The molecule has 0 fully saturated rings. The van der Waals surface area contributed by atoms with Crippen molar-refractivity contribution in [2.75, 3.05) is 0 Å². The van der Waals surface area contributed by atoms with Gasteiger partial charge in [-0.3, -0.25) is 0 Å². The summed E-state index contributed by atoms with van der Waals surface area (Å²) < 4.78 is 1.59. The quantitative estimate of drug-likeness (QED) is 0.502. The fraction of sp³-hybridized carbons (Fsp3) is 0.429. The molecule has 1 aliphatic heterocycles. The summed E-state index contributed by atoms with van der Waals surface area (Å²) in [7, 11) is -0.291. The Morgan fingerprint density at radius 2 is 1.48 bits per heavy atom. The monoisotopic (exact) mass is 469 g/mol. The van der Waals surface area contributed by atoms with E-state index < -0.39 is 0 Å². The molecule has 0 saturated heterocycles. The van der Waals surface area contributed by atoms with E-state index in [0.717, 1.165) is 0 Å². The van der Waals surface area contributed by atoms with Crippen LogP contribution in [0.1, 0.15) is 41.5 Å². The Bertz CT molecular complexity index is 719. The number of hydrogen-bond acceptors (Lipinski definition) is 0. The van der Waals surface area contributed by atoms with E-state index in [1.54, 1.807) is 44.5 Å². The molecule has 0 amide bonds. The number of rotatable bonds is 1. The van der Waals surface area contributed by atoms with Gasteiger partial charge < -0.3 is 24.8 Å². The minimum atomic E-state index is -0.291. The molecule has 2 aliphatic rings. The molecular weight excluding hydrogens is 445 g/mol. The maximum Gasteiger partial charge on any atom is -1.00 e. The number of benzene rings is 1. The zero-order valence-corrected chi connectivity index (χ0v) is 20.7. The van der Waals surface area contributed by atoms with Crippen molar-refractivity contribution >= 4 is 13.2 Å². The van der Waals surface area contributed by atoms with Crippen molar-refractivity contribution in [3.8, 4) is 0 Å². The van der Waals surface area contributed by atoms with Gasteiger partial charge in [0.15, 0.2) is 0 Å². The largest absolute Gasteiger partial charge is 1.00 e. The van der Waals surface area contributed by atoms with E-state index in [1.165, 1.54) is 5.30 Å². The standard InChI is InChI=1S/C21H26P.2ClH.Zr/c1-20(2,3)16-12-15-13-19(21(4,5)6)22(18(15)14-16)17-10-8-7-9-11-17;;;/h7-11,13-14,19H,1-6H3;2*1H;/q;;;+2/p-2. The third-order valence-electron chi connectivity index (χ3n) is 4.69. The minimum absolute atomic E-state index is 0. The van der Waals surface area contributed by atoms with Gasteiger partial charge in [0.1, 0.15) is 0 Å². The molecule has 133 valence electrons. The molecule has 25 heavy (non-hydrogen) atoms. The van der Waals surface area contributed by atoms with Crippen molar-refractivity contribution in [2.24, 2.45) is 10.8 Å². The van der Waals surface area contributed by atoms with E-state index >= 15 is 0 Å². The van der Waals surface area contributed by atoms with Crippen LogP contribution in [0, 0.1) is 10.8 Å². The zero-order valence-electron chi connectivity index (χ0n) is 15.8. The molecule has 0 bridgehead atoms. The van der Waals surface area contributed by atoms with Crippen molar-refractivity contribution in [1.29, 1.82) is 0 Å². The predicted octanol–water partition coefficient (Wildman–Crippen LogP) is -0.0990. The van der Waals surface area contributed by atoms with Crippen molar-refractivity contribution in [3.63, 3.8) is 0 Å². The number of halogens is 2. The number of allylic oxidation sites excluding steroid dienone is 6. The van der Waals surface area contributed by atoms with Crippen molar-refractivity contribution < 1.29 is 49.5 Å². The summed E-state index contributed by atoms with van der Waals surface area (Å²) in [4.78, 5) is 0. The Balaban J connectivity index is 0.00000156. The Labute approximate surface area is 182 Å². The van der Waals surface area contributed by atoms with Gasteiger partial charge in [-0.05, 0) is 0 Å². The van der Waals surface area contributed by atoms with Crippen LogP contribution in [0.25, 0.3) is 0 Å². The van der Waals surface area contributed by atoms with Crippen LogP contribution < -0.4 is 30.1 Å².